The van der Waals surface area contributed by atoms with E-state index in [0.717, 1.165) is 38.4 Å². The van der Waals surface area contributed by atoms with Crippen LogP contribution in [-0.4, -0.2) is 58.2 Å². The predicted molar refractivity (Wildman–Crippen MR) is 91.3 cm³/mol. The molecule has 2 saturated heterocycles. The zero-order chi connectivity index (χ0) is 16.2. The van der Waals surface area contributed by atoms with Crippen molar-refractivity contribution in [3.63, 3.8) is 0 Å². The van der Waals surface area contributed by atoms with Crippen molar-refractivity contribution in [1.29, 1.82) is 0 Å². The van der Waals surface area contributed by atoms with Crippen LogP contribution in [0.2, 0.25) is 0 Å². The van der Waals surface area contributed by atoms with Gasteiger partial charge in [0.25, 0.3) is 0 Å². The summed E-state index contributed by atoms with van der Waals surface area (Å²) in [6.45, 7) is 9.85. The standard InChI is InChI=1S/C18H30N4O/c1-15-12-16(2)22(19-15)13-17-6-10-20(11-7-17)14-18(23)21-8-4-3-5-9-21/h12,17H,3-11,13-14H2,1-2H3. The molecule has 1 aromatic rings. The van der Waals surface area contributed by atoms with Gasteiger partial charge in [-0.2, -0.15) is 5.10 Å². The lowest BCUT2D eigenvalue weighted by molar-refractivity contribution is -0.133. The monoisotopic (exact) mass is 318 g/mol. The van der Waals surface area contributed by atoms with Gasteiger partial charge in [0, 0.05) is 25.3 Å². The molecule has 0 aromatic carbocycles. The average Bonchev–Trinajstić information content (AvgIpc) is 2.87. The number of carbonyl (C=O) groups is 1. The lowest BCUT2D eigenvalue weighted by Crippen LogP contribution is -2.45. The molecule has 0 radical (unpaired) electrons. The highest BCUT2D eigenvalue weighted by atomic mass is 16.2. The van der Waals surface area contributed by atoms with Crippen LogP contribution in [-0.2, 0) is 11.3 Å². The lowest BCUT2D eigenvalue weighted by atomic mass is 9.96. The van der Waals surface area contributed by atoms with Crippen LogP contribution < -0.4 is 0 Å². The number of likely N-dealkylation sites (tertiary alicyclic amines) is 2. The summed E-state index contributed by atoms with van der Waals surface area (Å²) in [5.41, 5.74) is 2.36. The van der Waals surface area contributed by atoms with Crippen molar-refractivity contribution in [2.24, 2.45) is 5.92 Å². The largest absolute Gasteiger partial charge is 0.342 e. The van der Waals surface area contributed by atoms with Crippen LogP contribution >= 0.6 is 0 Å². The van der Waals surface area contributed by atoms with Crippen LogP contribution in [0.15, 0.2) is 6.07 Å². The maximum atomic E-state index is 12.4. The number of hydrogen-bond acceptors (Lipinski definition) is 3. The second-order valence-electron chi connectivity index (χ2n) is 7.27. The molecule has 0 unspecified atom stereocenters. The highest BCUT2D eigenvalue weighted by molar-refractivity contribution is 5.78. The Labute approximate surface area is 139 Å². The molecule has 5 heteroatoms. The fourth-order valence-corrected chi connectivity index (χ4v) is 3.87. The number of rotatable bonds is 4. The molecule has 2 fully saturated rings. The molecule has 1 aromatic heterocycles. The number of aromatic nitrogens is 2. The molecule has 3 heterocycles. The summed E-state index contributed by atoms with van der Waals surface area (Å²) < 4.78 is 2.15. The molecule has 0 atom stereocenters. The van der Waals surface area contributed by atoms with E-state index in [0.29, 0.717) is 18.4 Å². The molecule has 0 spiro atoms. The fourth-order valence-electron chi connectivity index (χ4n) is 3.87. The van der Waals surface area contributed by atoms with Gasteiger partial charge in [-0.15, -0.1) is 0 Å². The molecule has 0 N–H and O–H groups in total. The SMILES string of the molecule is Cc1cc(C)n(CC2CCN(CC(=O)N3CCCCC3)CC2)n1. The highest BCUT2D eigenvalue weighted by Crippen LogP contribution is 2.20. The molecular weight excluding hydrogens is 288 g/mol. The van der Waals surface area contributed by atoms with Crippen molar-refractivity contribution < 1.29 is 4.79 Å². The highest BCUT2D eigenvalue weighted by Gasteiger charge is 2.24. The van der Waals surface area contributed by atoms with Gasteiger partial charge in [0.05, 0.1) is 12.2 Å². The zero-order valence-electron chi connectivity index (χ0n) is 14.6. The van der Waals surface area contributed by atoms with Crippen molar-refractivity contribution in [3.05, 3.63) is 17.5 Å². The van der Waals surface area contributed by atoms with Gasteiger partial charge in [0.2, 0.25) is 5.91 Å². The van der Waals surface area contributed by atoms with Crippen molar-refractivity contribution >= 4 is 5.91 Å². The number of amides is 1. The molecule has 0 saturated carbocycles. The van der Waals surface area contributed by atoms with Gasteiger partial charge in [-0.25, -0.2) is 0 Å². The summed E-state index contributed by atoms with van der Waals surface area (Å²) >= 11 is 0. The van der Waals surface area contributed by atoms with Gasteiger partial charge in [0.1, 0.15) is 0 Å². The molecule has 0 bridgehead atoms. The molecule has 5 nitrogen and oxygen atoms in total. The summed E-state index contributed by atoms with van der Waals surface area (Å²) in [4.78, 5) is 16.8. The number of piperidine rings is 2. The average molecular weight is 318 g/mol. The van der Waals surface area contributed by atoms with Gasteiger partial charge in [-0.05, 0) is 71.0 Å². The van der Waals surface area contributed by atoms with Crippen LogP contribution in [0.25, 0.3) is 0 Å². The van der Waals surface area contributed by atoms with E-state index in [1.807, 2.05) is 0 Å². The van der Waals surface area contributed by atoms with Crippen molar-refractivity contribution in [1.82, 2.24) is 19.6 Å². The van der Waals surface area contributed by atoms with E-state index in [9.17, 15) is 4.79 Å². The first-order valence-corrected chi connectivity index (χ1v) is 9.13. The second-order valence-corrected chi connectivity index (χ2v) is 7.27. The van der Waals surface area contributed by atoms with Gasteiger partial charge in [-0.1, -0.05) is 0 Å². The summed E-state index contributed by atoms with van der Waals surface area (Å²) in [5.74, 6) is 1.02. The van der Waals surface area contributed by atoms with E-state index < -0.39 is 0 Å². The molecule has 0 aliphatic carbocycles. The maximum absolute atomic E-state index is 12.4. The van der Waals surface area contributed by atoms with Crippen LogP contribution in [0.1, 0.15) is 43.5 Å². The van der Waals surface area contributed by atoms with Gasteiger partial charge < -0.3 is 4.90 Å². The van der Waals surface area contributed by atoms with E-state index in [1.165, 1.54) is 37.8 Å². The van der Waals surface area contributed by atoms with Gasteiger partial charge in [-0.3, -0.25) is 14.4 Å². The van der Waals surface area contributed by atoms with Crippen LogP contribution in [0.4, 0.5) is 0 Å². The van der Waals surface area contributed by atoms with Crippen molar-refractivity contribution in [3.8, 4) is 0 Å². The zero-order valence-corrected chi connectivity index (χ0v) is 14.6. The molecule has 23 heavy (non-hydrogen) atoms. The van der Waals surface area contributed by atoms with E-state index in [-0.39, 0.29) is 0 Å². The van der Waals surface area contributed by atoms with Crippen molar-refractivity contribution in [2.75, 3.05) is 32.7 Å². The number of aryl methyl sites for hydroxylation is 2. The molecule has 1 amide bonds. The first kappa shape index (κ1) is 16.5. The summed E-state index contributed by atoms with van der Waals surface area (Å²) in [6.07, 6.45) is 5.98. The topological polar surface area (TPSA) is 41.4 Å². The van der Waals surface area contributed by atoms with Crippen LogP contribution in [0.5, 0.6) is 0 Å². The minimum Gasteiger partial charge on any atom is -0.342 e. The fraction of sp³-hybridized carbons (Fsp3) is 0.778. The maximum Gasteiger partial charge on any atom is 0.236 e. The molecule has 2 aliphatic rings. The Balaban J connectivity index is 1.43. The Kier molecular flexibility index (Phi) is 5.36. The third kappa shape index (κ3) is 4.34. The van der Waals surface area contributed by atoms with Crippen LogP contribution in [0, 0.1) is 19.8 Å². The first-order valence-electron chi connectivity index (χ1n) is 9.13. The minimum absolute atomic E-state index is 0.335. The van der Waals surface area contributed by atoms with E-state index >= 15 is 0 Å². The molecular formula is C18H30N4O. The van der Waals surface area contributed by atoms with E-state index in [1.54, 1.807) is 0 Å². The Morgan fingerprint density at radius 1 is 1.13 bits per heavy atom. The Morgan fingerprint density at radius 2 is 1.83 bits per heavy atom. The summed E-state index contributed by atoms with van der Waals surface area (Å²) in [5, 5.41) is 4.58. The smallest absolute Gasteiger partial charge is 0.236 e. The Hall–Kier alpha value is -1.36. The molecule has 2 aliphatic heterocycles. The molecule has 3 rings (SSSR count). The minimum atomic E-state index is 0.335. The second kappa shape index (κ2) is 7.47. The Bertz CT molecular complexity index is 525. The van der Waals surface area contributed by atoms with E-state index in [2.05, 4.69) is 39.5 Å². The predicted octanol–water partition coefficient (Wildman–Crippen LogP) is 2.22. The number of nitrogens with zero attached hydrogens (tertiary/aromatic N) is 4. The van der Waals surface area contributed by atoms with Crippen molar-refractivity contribution in [2.45, 2.75) is 52.5 Å². The number of carbonyl (C=O) groups excluding carboxylic acids is 1. The van der Waals surface area contributed by atoms with Crippen LogP contribution in [0.3, 0.4) is 0 Å². The third-order valence-electron chi connectivity index (χ3n) is 5.31. The third-order valence-corrected chi connectivity index (χ3v) is 5.31. The normalized spacial score (nSPS) is 20.9. The lowest BCUT2D eigenvalue weighted by Gasteiger charge is -2.34. The summed E-state index contributed by atoms with van der Waals surface area (Å²) in [7, 11) is 0. The Morgan fingerprint density at radius 3 is 2.43 bits per heavy atom. The van der Waals surface area contributed by atoms with E-state index in [4.69, 9.17) is 0 Å². The van der Waals surface area contributed by atoms with Gasteiger partial charge in [0.15, 0.2) is 0 Å². The summed E-state index contributed by atoms with van der Waals surface area (Å²) in [6, 6.07) is 2.15. The van der Waals surface area contributed by atoms with Gasteiger partial charge >= 0.3 is 0 Å². The first-order chi connectivity index (χ1) is 11.1. The molecule has 128 valence electrons. The number of hydrogen-bond donors (Lipinski definition) is 0. The quantitative estimate of drug-likeness (QED) is 0.855.